The summed E-state index contributed by atoms with van der Waals surface area (Å²) >= 11 is 0. The van der Waals surface area contributed by atoms with E-state index < -0.39 is 16.1 Å². The predicted molar refractivity (Wildman–Crippen MR) is 126 cm³/mol. The SMILES string of the molecule is CN1CCN(S(=O)(=O)c2cccc(C(CC#N)n3cc(-c4ncnc5[nH]ccc45)cn3)c2)CC1. The highest BCUT2D eigenvalue weighted by molar-refractivity contribution is 7.89. The Morgan fingerprint density at radius 3 is 2.79 bits per heavy atom. The lowest BCUT2D eigenvalue weighted by atomic mass is 10.0. The first kappa shape index (κ1) is 22.2. The van der Waals surface area contributed by atoms with Gasteiger partial charge in [-0.05, 0) is 30.8 Å². The van der Waals surface area contributed by atoms with Gasteiger partial charge < -0.3 is 9.88 Å². The number of nitriles is 1. The van der Waals surface area contributed by atoms with Crippen LogP contribution in [-0.2, 0) is 10.0 Å². The highest BCUT2D eigenvalue weighted by Crippen LogP contribution is 2.29. The fraction of sp³-hybridized carbons (Fsp3) is 0.304. The van der Waals surface area contributed by atoms with Gasteiger partial charge in [-0.25, -0.2) is 18.4 Å². The lowest BCUT2D eigenvalue weighted by Gasteiger charge is -2.31. The van der Waals surface area contributed by atoms with E-state index >= 15 is 0 Å². The average molecular weight is 477 g/mol. The molecule has 1 fully saturated rings. The van der Waals surface area contributed by atoms with E-state index in [-0.39, 0.29) is 11.3 Å². The summed E-state index contributed by atoms with van der Waals surface area (Å²) in [6.45, 7) is 2.31. The quantitative estimate of drug-likeness (QED) is 0.453. The number of likely N-dealkylation sites (N-methyl/N-ethyl adjacent to an activating group) is 1. The van der Waals surface area contributed by atoms with Crippen molar-refractivity contribution in [3.63, 3.8) is 0 Å². The van der Waals surface area contributed by atoms with Gasteiger partial charge in [0.15, 0.2) is 0 Å². The molecule has 34 heavy (non-hydrogen) atoms. The molecule has 3 aromatic heterocycles. The Kier molecular flexibility index (Phi) is 5.87. The molecule has 0 bridgehead atoms. The zero-order valence-electron chi connectivity index (χ0n) is 18.7. The number of H-pyrrole nitrogens is 1. The molecule has 0 radical (unpaired) electrons. The minimum Gasteiger partial charge on any atom is -0.346 e. The topological polar surface area (TPSA) is 124 Å². The minimum atomic E-state index is -3.62. The van der Waals surface area contributed by atoms with Crippen molar-refractivity contribution in [2.24, 2.45) is 0 Å². The lowest BCUT2D eigenvalue weighted by Crippen LogP contribution is -2.47. The van der Waals surface area contributed by atoms with Crippen molar-refractivity contribution in [3.05, 3.63) is 60.8 Å². The molecule has 1 N–H and O–H groups in total. The zero-order chi connectivity index (χ0) is 23.7. The van der Waals surface area contributed by atoms with E-state index in [1.807, 2.05) is 25.4 Å². The van der Waals surface area contributed by atoms with Crippen molar-refractivity contribution in [1.29, 1.82) is 5.26 Å². The number of aromatic amines is 1. The Labute approximate surface area is 197 Å². The van der Waals surface area contributed by atoms with E-state index in [0.717, 1.165) is 22.3 Å². The van der Waals surface area contributed by atoms with Crippen LogP contribution in [0.25, 0.3) is 22.3 Å². The third-order valence-corrected chi connectivity index (χ3v) is 8.07. The van der Waals surface area contributed by atoms with Gasteiger partial charge in [-0.3, -0.25) is 4.68 Å². The highest BCUT2D eigenvalue weighted by atomic mass is 32.2. The molecule has 4 heterocycles. The molecule has 4 aromatic rings. The predicted octanol–water partition coefficient (Wildman–Crippen LogP) is 2.26. The van der Waals surface area contributed by atoms with Crippen LogP contribution in [0.1, 0.15) is 18.0 Å². The Bertz CT molecular complexity index is 1460. The molecule has 0 spiro atoms. The van der Waals surface area contributed by atoms with Gasteiger partial charge in [0, 0.05) is 49.5 Å². The molecule has 11 heteroatoms. The lowest BCUT2D eigenvalue weighted by molar-refractivity contribution is 0.222. The van der Waals surface area contributed by atoms with Crippen LogP contribution >= 0.6 is 0 Å². The summed E-state index contributed by atoms with van der Waals surface area (Å²) in [5, 5.41) is 14.9. The molecule has 10 nitrogen and oxygen atoms in total. The largest absolute Gasteiger partial charge is 0.346 e. The van der Waals surface area contributed by atoms with E-state index in [0.29, 0.717) is 31.7 Å². The molecule has 0 saturated carbocycles. The van der Waals surface area contributed by atoms with Crippen LogP contribution in [-0.4, -0.2) is 75.6 Å². The van der Waals surface area contributed by atoms with E-state index in [2.05, 4.69) is 31.0 Å². The molecule has 1 aliphatic rings. The van der Waals surface area contributed by atoms with Crippen LogP contribution in [0.2, 0.25) is 0 Å². The number of piperazine rings is 1. The zero-order valence-corrected chi connectivity index (χ0v) is 19.5. The van der Waals surface area contributed by atoms with Crippen LogP contribution < -0.4 is 0 Å². The second kappa shape index (κ2) is 8.98. The van der Waals surface area contributed by atoms with Gasteiger partial charge in [0.1, 0.15) is 12.0 Å². The van der Waals surface area contributed by atoms with Crippen LogP contribution in [0.4, 0.5) is 0 Å². The third kappa shape index (κ3) is 4.07. The van der Waals surface area contributed by atoms with E-state index in [1.165, 1.54) is 10.6 Å². The summed E-state index contributed by atoms with van der Waals surface area (Å²) in [4.78, 5) is 14.0. The number of benzene rings is 1. The van der Waals surface area contributed by atoms with Gasteiger partial charge in [0.25, 0.3) is 0 Å². The van der Waals surface area contributed by atoms with Crippen molar-refractivity contribution < 1.29 is 8.42 Å². The summed E-state index contributed by atoms with van der Waals surface area (Å²) in [6.07, 6.45) is 6.97. The monoisotopic (exact) mass is 476 g/mol. The van der Waals surface area contributed by atoms with Gasteiger partial charge in [-0.15, -0.1) is 0 Å². The standard InChI is InChI=1S/C23H24N8O2S/c1-29-9-11-30(12-10-29)34(32,33)19-4-2-3-17(13-19)21(5-7-24)31-15-18(14-28-31)22-20-6-8-25-23(20)27-16-26-22/h2-4,6,8,13-16,21H,5,9-12H2,1H3,(H,25,26,27). The summed E-state index contributed by atoms with van der Waals surface area (Å²) < 4.78 is 29.7. The average Bonchev–Trinajstić information content (AvgIpc) is 3.53. The number of fused-ring (bicyclic) bond motifs is 1. The Morgan fingerprint density at radius 1 is 1.18 bits per heavy atom. The Hall–Kier alpha value is -3.59. The molecule has 5 rings (SSSR count). The summed E-state index contributed by atoms with van der Waals surface area (Å²) in [7, 11) is -1.64. The first-order valence-electron chi connectivity index (χ1n) is 11.0. The number of nitrogens with zero attached hydrogens (tertiary/aromatic N) is 7. The van der Waals surface area contributed by atoms with Crippen LogP contribution in [0.15, 0.2) is 60.1 Å². The van der Waals surface area contributed by atoms with Crippen molar-refractivity contribution in [2.75, 3.05) is 33.2 Å². The van der Waals surface area contributed by atoms with Gasteiger partial charge >= 0.3 is 0 Å². The van der Waals surface area contributed by atoms with Gasteiger partial charge in [0.2, 0.25) is 10.0 Å². The molecule has 1 saturated heterocycles. The fourth-order valence-electron chi connectivity index (χ4n) is 4.24. The summed E-state index contributed by atoms with van der Waals surface area (Å²) in [6, 6.07) is 10.5. The number of nitrogens with one attached hydrogen (secondary N) is 1. The van der Waals surface area contributed by atoms with Crippen LogP contribution in [0, 0.1) is 11.3 Å². The summed E-state index contributed by atoms with van der Waals surface area (Å²) in [5.74, 6) is 0. The van der Waals surface area contributed by atoms with Gasteiger partial charge in [-0.1, -0.05) is 12.1 Å². The molecule has 0 aliphatic carbocycles. The van der Waals surface area contributed by atoms with Crippen LogP contribution in [0.3, 0.4) is 0 Å². The Balaban J connectivity index is 1.48. The number of rotatable bonds is 6. The first-order chi connectivity index (χ1) is 16.5. The number of hydrogen-bond donors (Lipinski definition) is 1. The van der Waals surface area contributed by atoms with E-state index in [4.69, 9.17) is 0 Å². The van der Waals surface area contributed by atoms with Crippen molar-refractivity contribution in [1.82, 2.24) is 33.9 Å². The van der Waals surface area contributed by atoms with E-state index in [1.54, 1.807) is 35.3 Å². The molecule has 0 amide bonds. The smallest absolute Gasteiger partial charge is 0.243 e. The molecular formula is C23H24N8O2S. The van der Waals surface area contributed by atoms with E-state index in [9.17, 15) is 13.7 Å². The van der Waals surface area contributed by atoms with Crippen molar-refractivity contribution in [2.45, 2.75) is 17.4 Å². The van der Waals surface area contributed by atoms with Gasteiger partial charge in [0.05, 0.1) is 35.3 Å². The molecule has 1 atom stereocenters. The number of hydrogen-bond acceptors (Lipinski definition) is 7. The van der Waals surface area contributed by atoms with Gasteiger partial charge in [-0.2, -0.15) is 14.7 Å². The molecule has 1 aliphatic heterocycles. The molecule has 1 aromatic carbocycles. The van der Waals surface area contributed by atoms with Crippen molar-refractivity contribution >= 4 is 21.1 Å². The number of sulfonamides is 1. The fourth-order valence-corrected chi connectivity index (χ4v) is 5.72. The normalized spacial score (nSPS) is 16.5. The number of aromatic nitrogens is 5. The molecule has 174 valence electrons. The maximum Gasteiger partial charge on any atom is 0.243 e. The third-order valence-electron chi connectivity index (χ3n) is 6.18. The molecular weight excluding hydrogens is 452 g/mol. The Morgan fingerprint density at radius 2 is 2.00 bits per heavy atom. The second-order valence-electron chi connectivity index (χ2n) is 8.33. The maximum absolute atomic E-state index is 13.3. The molecule has 1 unspecified atom stereocenters. The minimum absolute atomic E-state index is 0.141. The van der Waals surface area contributed by atoms with Crippen LogP contribution in [0.5, 0.6) is 0 Å². The second-order valence-corrected chi connectivity index (χ2v) is 10.3. The first-order valence-corrected chi connectivity index (χ1v) is 12.4. The highest BCUT2D eigenvalue weighted by Gasteiger charge is 2.28. The summed E-state index contributed by atoms with van der Waals surface area (Å²) in [5.41, 5.74) is 2.96. The maximum atomic E-state index is 13.3. The van der Waals surface area contributed by atoms with Crippen molar-refractivity contribution in [3.8, 4) is 17.3 Å².